The Hall–Kier alpha value is -1.26. The molecule has 1 amide bonds. The lowest BCUT2D eigenvalue weighted by Crippen LogP contribution is -2.42. The summed E-state index contributed by atoms with van der Waals surface area (Å²) in [5.41, 5.74) is 0.681. The molecule has 5 heteroatoms. The molecular formula is C13H17ClN2O2. The minimum Gasteiger partial charge on any atom is -0.444 e. The molecule has 0 aliphatic carbocycles. The van der Waals surface area contributed by atoms with E-state index in [4.69, 9.17) is 16.3 Å². The number of halogens is 1. The summed E-state index contributed by atoms with van der Waals surface area (Å²) in [5.74, 6) is 0.391. The molecule has 0 bridgehead atoms. The third kappa shape index (κ3) is 3.62. The molecule has 0 saturated carbocycles. The lowest BCUT2D eigenvalue weighted by atomic mass is 9.97. The van der Waals surface area contributed by atoms with Crippen LogP contribution in [-0.2, 0) is 4.74 Å². The number of carbonyl (C=O) groups is 1. The van der Waals surface area contributed by atoms with Crippen molar-refractivity contribution in [3.8, 4) is 0 Å². The maximum atomic E-state index is 11.7. The summed E-state index contributed by atoms with van der Waals surface area (Å²) >= 11 is 5.77. The molecule has 1 aliphatic heterocycles. The molecule has 18 heavy (non-hydrogen) atoms. The standard InChI is InChI=1S/C13H17ClN2O2/c1-9-6-7-15-8-12(9)18-13(17)16-11-4-2-10(14)3-5-11/h2-5,9,12,15H,6-8H2,1H3,(H,16,17). The van der Waals surface area contributed by atoms with Gasteiger partial charge in [0.25, 0.3) is 0 Å². The van der Waals surface area contributed by atoms with Gasteiger partial charge in [0, 0.05) is 17.3 Å². The van der Waals surface area contributed by atoms with Crippen molar-refractivity contribution in [3.05, 3.63) is 29.3 Å². The van der Waals surface area contributed by atoms with Gasteiger partial charge < -0.3 is 10.1 Å². The Morgan fingerprint density at radius 2 is 2.17 bits per heavy atom. The Balaban J connectivity index is 1.86. The zero-order chi connectivity index (χ0) is 13.0. The molecule has 2 atom stereocenters. The summed E-state index contributed by atoms with van der Waals surface area (Å²) in [5, 5.41) is 6.55. The van der Waals surface area contributed by atoms with Crippen molar-refractivity contribution in [1.82, 2.24) is 5.32 Å². The number of nitrogens with one attached hydrogen (secondary N) is 2. The average Bonchev–Trinajstić information content (AvgIpc) is 2.35. The molecule has 0 radical (unpaired) electrons. The van der Waals surface area contributed by atoms with Crippen LogP contribution in [0.25, 0.3) is 0 Å². The predicted molar refractivity (Wildman–Crippen MR) is 72.0 cm³/mol. The number of hydrogen-bond donors (Lipinski definition) is 2. The van der Waals surface area contributed by atoms with Crippen molar-refractivity contribution < 1.29 is 9.53 Å². The highest BCUT2D eigenvalue weighted by molar-refractivity contribution is 6.30. The molecule has 0 aromatic heterocycles. The molecule has 1 aromatic carbocycles. The number of rotatable bonds is 2. The number of hydrogen-bond acceptors (Lipinski definition) is 3. The summed E-state index contributed by atoms with van der Waals surface area (Å²) in [4.78, 5) is 11.7. The molecule has 1 aliphatic rings. The predicted octanol–water partition coefficient (Wildman–Crippen LogP) is 2.89. The first kappa shape index (κ1) is 13.2. The van der Waals surface area contributed by atoms with Crippen LogP contribution in [0.15, 0.2) is 24.3 Å². The van der Waals surface area contributed by atoms with Gasteiger partial charge in [-0.15, -0.1) is 0 Å². The van der Waals surface area contributed by atoms with Crippen molar-refractivity contribution in [1.29, 1.82) is 0 Å². The number of carbonyl (C=O) groups excluding carboxylic acids is 1. The Morgan fingerprint density at radius 3 is 2.83 bits per heavy atom. The molecule has 98 valence electrons. The van der Waals surface area contributed by atoms with E-state index in [9.17, 15) is 4.79 Å². The minimum atomic E-state index is -0.419. The molecule has 1 fully saturated rings. The third-order valence-corrected chi connectivity index (χ3v) is 3.36. The van der Waals surface area contributed by atoms with Gasteiger partial charge in [-0.1, -0.05) is 18.5 Å². The van der Waals surface area contributed by atoms with E-state index in [1.54, 1.807) is 24.3 Å². The maximum Gasteiger partial charge on any atom is 0.411 e. The first-order valence-electron chi connectivity index (χ1n) is 6.09. The Kier molecular flexibility index (Phi) is 4.44. The van der Waals surface area contributed by atoms with Crippen molar-refractivity contribution >= 4 is 23.4 Å². The molecule has 1 saturated heterocycles. The van der Waals surface area contributed by atoms with Crippen LogP contribution < -0.4 is 10.6 Å². The number of amides is 1. The van der Waals surface area contributed by atoms with E-state index in [1.165, 1.54) is 0 Å². The summed E-state index contributed by atoms with van der Waals surface area (Å²) in [6, 6.07) is 6.93. The molecule has 2 N–H and O–H groups in total. The molecule has 1 aromatic rings. The van der Waals surface area contributed by atoms with Gasteiger partial charge in [-0.05, 0) is 43.1 Å². The molecule has 0 spiro atoms. The maximum absolute atomic E-state index is 11.7. The average molecular weight is 269 g/mol. The van der Waals surface area contributed by atoms with Gasteiger partial charge in [-0.3, -0.25) is 5.32 Å². The fraction of sp³-hybridized carbons (Fsp3) is 0.462. The van der Waals surface area contributed by atoms with E-state index in [-0.39, 0.29) is 6.10 Å². The highest BCUT2D eigenvalue weighted by Gasteiger charge is 2.24. The zero-order valence-corrected chi connectivity index (χ0v) is 11.0. The summed E-state index contributed by atoms with van der Waals surface area (Å²) < 4.78 is 5.39. The van der Waals surface area contributed by atoms with Crippen LogP contribution in [0.2, 0.25) is 5.02 Å². The van der Waals surface area contributed by atoms with Crippen LogP contribution in [0.4, 0.5) is 10.5 Å². The van der Waals surface area contributed by atoms with Gasteiger partial charge in [0.2, 0.25) is 0 Å². The van der Waals surface area contributed by atoms with Crippen molar-refractivity contribution in [2.45, 2.75) is 19.4 Å². The normalized spacial score (nSPS) is 23.4. The van der Waals surface area contributed by atoms with Gasteiger partial charge in [0.15, 0.2) is 0 Å². The van der Waals surface area contributed by atoms with Gasteiger partial charge in [0.1, 0.15) is 6.10 Å². The number of anilines is 1. The number of benzene rings is 1. The largest absolute Gasteiger partial charge is 0.444 e. The van der Waals surface area contributed by atoms with E-state index in [2.05, 4.69) is 17.6 Å². The lowest BCUT2D eigenvalue weighted by molar-refractivity contribution is 0.0614. The SMILES string of the molecule is CC1CCNCC1OC(=O)Nc1ccc(Cl)cc1. The second-order valence-corrected chi connectivity index (χ2v) is 4.98. The fourth-order valence-electron chi connectivity index (χ4n) is 1.94. The van der Waals surface area contributed by atoms with Crippen LogP contribution in [0.1, 0.15) is 13.3 Å². The topological polar surface area (TPSA) is 50.4 Å². The van der Waals surface area contributed by atoms with Gasteiger partial charge >= 0.3 is 6.09 Å². The molecule has 2 rings (SSSR count). The van der Waals surface area contributed by atoms with Crippen molar-refractivity contribution in [3.63, 3.8) is 0 Å². The molecule has 2 unspecified atom stereocenters. The second kappa shape index (κ2) is 6.07. The first-order valence-corrected chi connectivity index (χ1v) is 6.47. The van der Waals surface area contributed by atoms with Crippen LogP contribution >= 0.6 is 11.6 Å². The fourth-order valence-corrected chi connectivity index (χ4v) is 2.06. The minimum absolute atomic E-state index is 0.0638. The highest BCUT2D eigenvalue weighted by Crippen LogP contribution is 2.17. The number of ether oxygens (including phenoxy) is 1. The summed E-state index contributed by atoms with van der Waals surface area (Å²) in [7, 11) is 0. The van der Waals surface area contributed by atoms with Gasteiger partial charge in [-0.2, -0.15) is 0 Å². The highest BCUT2D eigenvalue weighted by atomic mass is 35.5. The monoisotopic (exact) mass is 268 g/mol. The number of piperidine rings is 1. The zero-order valence-electron chi connectivity index (χ0n) is 10.3. The molecular weight excluding hydrogens is 252 g/mol. The van der Waals surface area contributed by atoms with Crippen molar-refractivity contribution in [2.75, 3.05) is 18.4 Å². The smallest absolute Gasteiger partial charge is 0.411 e. The lowest BCUT2D eigenvalue weighted by Gasteiger charge is -2.29. The van der Waals surface area contributed by atoms with Crippen LogP contribution in [0.3, 0.4) is 0 Å². The second-order valence-electron chi connectivity index (χ2n) is 4.55. The van der Waals surface area contributed by atoms with Gasteiger partial charge in [-0.25, -0.2) is 4.79 Å². The Bertz CT molecular complexity index is 408. The molecule has 4 nitrogen and oxygen atoms in total. The van der Waals surface area contributed by atoms with E-state index in [1.807, 2.05) is 0 Å². The van der Waals surface area contributed by atoms with E-state index in [0.29, 0.717) is 16.6 Å². The van der Waals surface area contributed by atoms with Crippen LogP contribution in [0, 0.1) is 5.92 Å². The molecule has 1 heterocycles. The van der Waals surface area contributed by atoms with E-state index in [0.717, 1.165) is 19.5 Å². The first-order chi connectivity index (χ1) is 8.65. The Morgan fingerprint density at radius 1 is 1.44 bits per heavy atom. The van der Waals surface area contributed by atoms with E-state index >= 15 is 0 Å². The third-order valence-electron chi connectivity index (χ3n) is 3.11. The summed E-state index contributed by atoms with van der Waals surface area (Å²) in [6.07, 6.45) is 0.544. The quantitative estimate of drug-likeness (QED) is 0.867. The van der Waals surface area contributed by atoms with Crippen LogP contribution in [0.5, 0.6) is 0 Å². The van der Waals surface area contributed by atoms with Crippen molar-refractivity contribution in [2.24, 2.45) is 5.92 Å². The van der Waals surface area contributed by atoms with Gasteiger partial charge in [0.05, 0.1) is 0 Å². The summed E-state index contributed by atoms with van der Waals surface area (Å²) in [6.45, 7) is 3.80. The van der Waals surface area contributed by atoms with E-state index < -0.39 is 6.09 Å². The van der Waals surface area contributed by atoms with Crippen LogP contribution in [-0.4, -0.2) is 25.3 Å². The Labute approximate surface area is 112 Å².